The topological polar surface area (TPSA) is 237 Å². The number of aliphatic hydroxyl groups is 1. The molecular weight excluding hydrogens is 1140 g/mol. The van der Waals surface area contributed by atoms with E-state index in [9.17, 15) is 43.2 Å². The lowest BCUT2D eigenvalue weighted by Crippen LogP contribution is -2.30. The van der Waals surface area contributed by atoms with Crippen LogP contribution in [0, 0.1) is 0 Å². The molecule has 0 radical (unpaired) electrons. The molecular formula is C67H130O17P2. The van der Waals surface area contributed by atoms with Crippen LogP contribution in [-0.4, -0.2) is 96.7 Å². The molecule has 0 aromatic rings. The SMILES string of the molecule is CCCCCCCCCCCCCCCC(=O)OC[C@H](COP(=O)(O)OC[C@@H](O)COP(=O)(O)OC[C@@H](COC(=O)CCCCCCCCCC)OC(=O)CCCCCCCCCCCCCC)OC(=O)CCCCCCCCCCCCCCC. The van der Waals surface area contributed by atoms with Crippen LogP contribution in [0.15, 0.2) is 0 Å². The minimum atomic E-state index is -4.95. The fraction of sp³-hybridized carbons (Fsp3) is 0.940. The van der Waals surface area contributed by atoms with Crippen LogP contribution in [0.2, 0.25) is 0 Å². The highest BCUT2D eigenvalue weighted by molar-refractivity contribution is 7.47. The molecule has 0 bridgehead atoms. The van der Waals surface area contributed by atoms with Gasteiger partial charge in [-0.05, 0) is 25.7 Å². The van der Waals surface area contributed by atoms with E-state index in [1.165, 1.54) is 173 Å². The van der Waals surface area contributed by atoms with Gasteiger partial charge in [0, 0.05) is 25.7 Å². The van der Waals surface area contributed by atoms with Gasteiger partial charge < -0.3 is 33.8 Å². The zero-order valence-electron chi connectivity index (χ0n) is 55.3. The van der Waals surface area contributed by atoms with Crippen molar-refractivity contribution in [3.05, 3.63) is 0 Å². The third kappa shape index (κ3) is 60.9. The van der Waals surface area contributed by atoms with Gasteiger partial charge in [-0.15, -0.1) is 0 Å². The van der Waals surface area contributed by atoms with Crippen molar-refractivity contribution < 1.29 is 80.2 Å². The third-order valence-electron chi connectivity index (χ3n) is 15.6. The van der Waals surface area contributed by atoms with Crippen LogP contribution in [0.25, 0.3) is 0 Å². The average Bonchev–Trinajstić information content (AvgIpc) is 3.57. The lowest BCUT2D eigenvalue weighted by atomic mass is 10.0. The number of hydrogen-bond donors (Lipinski definition) is 3. The number of rotatable bonds is 68. The van der Waals surface area contributed by atoms with E-state index < -0.39 is 97.5 Å². The van der Waals surface area contributed by atoms with Crippen LogP contribution in [0.3, 0.4) is 0 Å². The Morgan fingerprint density at radius 1 is 0.279 bits per heavy atom. The van der Waals surface area contributed by atoms with Crippen molar-refractivity contribution in [2.24, 2.45) is 0 Å². The van der Waals surface area contributed by atoms with Crippen molar-refractivity contribution in [2.75, 3.05) is 39.6 Å². The zero-order valence-corrected chi connectivity index (χ0v) is 57.1. The standard InChI is InChI=1S/C67H130O17P2/c1-5-9-13-17-21-25-28-31-34-36-40-44-48-52-65(70)78-58-63(84-67(72)54-50-46-42-38-35-32-29-26-22-18-14-10-6-2)60-82-86(75,76)80-56-61(68)55-79-85(73,74)81-59-62(57-77-64(69)51-47-43-39-24-20-16-12-8-4)83-66(71)53-49-45-41-37-33-30-27-23-19-15-11-7-3/h61-63,68H,5-60H2,1-4H3,(H,73,74)(H,75,76)/t61-,62+,63+/m0/s1. The monoisotopic (exact) mass is 1270 g/mol. The van der Waals surface area contributed by atoms with E-state index in [1.807, 2.05) is 0 Å². The fourth-order valence-corrected chi connectivity index (χ4v) is 11.7. The minimum absolute atomic E-state index is 0.108. The summed E-state index contributed by atoms with van der Waals surface area (Å²) in [6, 6.07) is 0. The number of unbranched alkanes of at least 4 members (excludes halogenated alkanes) is 42. The number of ether oxygens (including phenoxy) is 4. The Kier molecular flexibility index (Phi) is 60.5. The second-order valence-corrected chi connectivity index (χ2v) is 27.1. The highest BCUT2D eigenvalue weighted by atomic mass is 31.2. The molecule has 0 aromatic heterocycles. The van der Waals surface area contributed by atoms with Crippen molar-refractivity contribution in [1.29, 1.82) is 0 Å². The van der Waals surface area contributed by atoms with Gasteiger partial charge in [0.05, 0.1) is 26.4 Å². The molecule has 2 unspecified atom stereocenters. The Morgan fingerprint density at radius 3 is 0.686 bits per heavy atom. The molecule has 86 heavy (non-hydrogen) atoms. The number of phosphoric acid groups is 2. The third-order valence-corrected chi connectivity index (χ3v) is 17.5. The summed E-state index contributed by atoms with van der Waals surface area (Å²) >= 11 is 0. The number of esters is 4. The molecule has 0 aliphatic heterocycles. The van der Waals surface area contributed by atoms with Gasteiger partial charge in [-0.25, -0.2) is 9.13 Å². The Bertz CT molecular complexity index is 1650. The maximum absolute atomic E-state index is 13.0. The molecule has 0 aliphatic rings. The van der Waals surface area contributed by atoms with E-state index in [4.69, 9.17) is 37.0 Å². The summed E-state index contributed by atoms with van der Waals surface area (Å²) < 4.78 is 68.1. The van der Waals surface area contributed by atoms with E-state index in [0.29, 0.717) is 25.7 Å². The summed E-state index contributed by atoms with van der Waals surface area (Å²) in [4.78, 5) is 72.3. The largest absolute Gasteiger partial charge is 0.472 e. The van der Waals surface area contributed by atoms with Gasteiger partial charge in [0.1, 0.15) is 19.3 Å². The number of carbonyl (C=O) groups is 4. The number of phosphoric ester groups is 2. The molecule has 0 aromatic carbocycles. The summed E-state index contributed by atoms with van der Waals surface area (Å²) in [5, 5.41) is 10.6. The van der Waals surface area contributed by atoms with Crippen LogP contribution >= 0.6 is 15.6 Å². The van der Waals surface area contributed by atoms with Crippen molar-refractivity contribution in [3.63, 3.8) is 0 Å². The summed E-state index contributed by atoms with van der Waals surface area (Å²) in [7, 11) is -9.89. The van der Waals surface area contributed by atoms with Crippen LogP contribution in [0.4, 0.5) is 0 Å². The first-order chi connectivity index (χ1) is 41.7. The first-order valence-electron chi connectivity index (χ1n) is 35.3. The van der Waals surface area contributed by atoms with Crippen molar-refractivity contribution >= 4 is 39.5 Å². The average molecular weight is 1270 g/mol. The molecule has 0 aliphatic carbocycles. The van der Waals surface area contributed by atoms with Gasteiger partial charge in [-0.2, -0.15) is 0 Å². The first kappa shape index (κ1) is 84.1. The van der Waals surface area contributed by atoms with E-state index >= 15 is 0 Å². The Labute approximate surface area is 524 Å². The van der Waals surface area contributed by atoms with E-state index in [-0.39, 0.29) is 25.7 Å². The van der Waals surface area contributed by atoms with Gasteiger partial charge in [0.15, 0.2) is 12.2 Å². The second kappa shape index (κ2) is 61.9. The van der Waals surface area contributed by atoms with Gasteiger partial charge in [-0.1, -0.05) is 297 Å². The van der Waals surface area contributed by atoms with Crippen LogP contribution in [0.1, 0.15) is 349 Å². The lowest BCUT2D eigenvalue weighted by molar-refractivity contribution is -0.161. The molecule has 5 atom stereocenters. The van der Waals surface area contributed by atoms with Crippen LogP contribution < -0.4 is 0 Å². The normalized spacial score (nSPS) is 14.1. The molecule has 0 spiro atoms. The molecule has 0 rings (SSSR count). The van der Waals surface area contributed by atoms with Gasteiger partial charge in [-0.3, -0.25) is 37.3 Å². The Balaban J connectivity index is 5.22. The molecule has 19 heteroatoms. The molecule has 0 saturated heterocycles. The molecule has 3 N–H and O–H groups in total. The summed E-state index contributed by atoms with van der Waals surface area (Å²) in [5.74, 6) is -2.13. The lowest BCUT2D eigenvalue weighted by Gasteiger charge is -2.21. The highest BCUT2D eigenvalue weighted by Crippen LogP contribution is 2.45. The first-order valence-corrected chi connectivity index (χ1v) is 38.3. The zero-order chi connectivity index (χ0) is 63.3. The maximum Gasteiger partial charge on any atom is 0.472 e. The quantitative estimate of drug-likeness (QED) is 0.0222. The van der Waals surface area contributed by atoms with Gasteiger partial charge in [0.25, 0.3) is 0 Å². The predicted molar refractivity (Wildman–Crippen MR) is 345 cm³/mol. The molecule has 0 fully saturated rings. The van der Waals surface area contributed by atoms with Gasteiger partial charge in [0.2, 0.25) is 0 Å². The maximum atomic E-state index is 13.0. The highest BCUT2D eigenvalue weighted by Gasteiger charge is 2.30. The van der Waals surface area contributed by atoms with E-state index in [1.54, 1.807) is 0 Å². The summed E-state index contributed by atoms with van der Waals surface area (Å²) in [6.45, 7) is 4.90. The smallest absolute Gasteiger partial charge is 0.462 e. The van der Waals surface area contributed by atoms with Crippen molar-refractivity contribution in [1.82, 2.24) is 0 Å². The Hall–Kier alpha value is -1.94. The molecule has 0 saturated carbocycles. The van der Waals surface area contributed by atoms with Gasteiger partial charge >= 0.3 is 39.5 Å². The summed E-state index contributed by atoms with van der Waals surface area (Å²) in [6.07, 6.45) is 48.4. The number of carbonyl (C=O) groups excluding carboxylic acids is 4. The minimum Gasteiger partial charge on any atom is -0.462 e. The van der Waals surface area contributed by atoms with Crippen LogP contribution in [-0.2, 0) is 65.4 Å². The number of hydrogen-bond acceptors (Lipinski definition) is 15. The molecule has 0 heterocycles. The Morgan fingerprint density at radius 2 is 0.465 bits per heavy atom. The number of aliphatic hydroxyl groups excluding tert-OH is 1. The van der Waals surface area contributed by atoms with Crippen molar-refractivity contribution in [3.8, 4) is 0 Å². The molecule has 17 nitrogen and oxygen atoms in total. The van der Waals surface area contributed by atoms with Crippen LogP contribution in [0.5, 0.6) is 0 Å². The van der Waals surface area contributed by atoms with E-state index in [0.717, 1.165) is 96.3 Å². The summed E-state index contributed by atoms with van der Waals surface area (Å²) in [5.41, 5.74) is 0. The molecule has 510 valence electrons. The predicted octanol–water partition coefficient (Wildman–Crippen LogP) is 19.1. The van der Waals surface area contributed by atoms with Crippen molar-refractivity contribution in [2.45, 2.75) is 367 Å². The molecule has 0 amide bonds. The fourth-order valence-electron chi connectivity index (χ4n) is 10.2. The second-order valence-electron chi connectivity index (χ2n) is 24.2. The van der Waals surface area contributed by atoms with E-state index in [2.05, 4.69) is 27.7 Å².